The van der Waals surface area contributed by atoms with E-state index in [2.05, 4.69) is 42.4 Å². The Morgan fingerprint density at radius 3 is 2.18 bits per heavy atom. The van der Waals surface area contributed by atoms with Gasteiger partial charge in [0.15, 0.2) is 0 Å². The highest BCUT2D eigenvalue weighted by Gasteiger charge is 2.07. The van der Waals surface area contributed by atoms with Crippen LogP contribution in [0.4, 0.5) is 0 Å². The van der Waals surface area contributed by atoms with Crippen molar-refractivity contribution < 1.29 is 21.5 Å². The van der Waals surface area contributed by atoms with Crippen molar-refractivity contribution in [3.8, 4) is 0 Å². The molecule has 1 rings (SSSR count). The third kappa shape index (κ3) is 6.25. The van der Waals surface area contributed by atoms with Gasteiger partial charge in [-0.25, -0.2) is 9.13 Å². The summed E-state index contributed by atoms with van der Waals surface area (Å²) in [5.41, 5.74) is 0. The number of nitrogens with zero attached hydrogens (tertiary/aromatic N) is 2. The van der Waals surface area contributed by atoms with Gasteiger partial charge in [-0.3, -0.25) is 0 Å². The van der Waals surface area contributed by atoms with E-state index in [1.54, 1.807) is 0 Å². The first kappa shape index (κ1) is 16.7. The van der Waals surface area contributed by atoms with Gasteiger partial charge in [0.25, 0.3) is 5.82 Å². The fourth-order valence-electron chi connectivity index (χ4n) is 2.07. The molecular formula is C14H27BrN2. The van der Waals surface area contributed by atoms with Gasteiger partial charge in [-0.2, -0.15) is 0 Å². The fourth-order valence-corrected chi connectivity index (χ4v) is 2.07. The number of halogens is 1. The van der Waals surface area contributed by atoms with Crippen LogP contribution in [-0.4, -0.2) is 4.57 Å². The van der Waals surface area contributed by atoms with Gasteiger partial charge >= 0.3 is 0 Å². The Kier molecular flexibility index (Phi) is 9.52. The number of unbranched alkanes of at least 4 members (excludes halogenated alkanes) is 6. The first-order valence-electron chi connectivity index (χ1n) is 6.77. The molecule has 0 amide bonds. The number of rotatable bonds is 8. The van der Waals surface area contributed by atoms with Crippen molar-refractivity contribution in [3.05, 3.63) is 18.2 Å². The maximum absolute atomic E-state index is 2.35. The highest BCUT2D eigenvalue weighted by atomic mass is 79.9. The van der Waals surface area contributed by atoms with Gasteiger partial charge in [-0.1, -0.05) is 39.0 Å². The van der Waals surface area contributed by atoms with Crippen molar-refractivity contribution in [3.63, 3.8) is 0 Å². The van der Waals surface area contributed by atoms with Gasteiger partial charge in [0.1, 0.15) is 12.4 Å². The number of hydrogen-bond donors (Lipinski definition) is 0. The second kappa shape index (κ2) is 9.69. The number of imidazole rings is 1. The van der Waals surface area contributed by atoms with Gasteiger partial charge in [0.2, 0.25) is 0 Å². The molecule has 0 unspecified atom stereocenters. The van der Waals surface area contributed by atoms with Crippen molar-refractivity contribution in [2.24, 2.45) is 7.05 Å². The van der Waals surface area contributed by atoms with Crippen molar-refractivity contribution in [2.75, 3.05) is 0 Å². The summed E-state index contributed by atoms with van der Waals surface area (Å²) in [4.78, 5) is 0. The lowest BCUT2D eigenvalue weighted by Gasteiger charge is -2.01. The van der Waals surface area contributed by atoms with E-state index in [4.69, 9.17) is 0 Å². The molecule has 1 heterocycles. The van der Waals surface area contributed by atoms with Gasteiger partial charge in [-0.15, -0.1) is 0 Å². The second-order valence-electron chi connectivity index (χ2n) is 4.77. The molecule has 0 radical (unpaired) electrons. The summed E-state index contributed by atoms with van der Waals surface area (Å²) in [5, 5.41) is 0. The van der Waals surface area contributed by atoms with Crippen LogP contribution in [0.25, 0.3) is 0 Å². The quantitative estimate of drug-likeness (QED) is 0.485. The number of aryl methyl sites for hydroxylation is 2. The van der Waals surface area contributed by atoms with Gasteiger partial charge in [0, 0.05) is 6.92 Å². The minimum atomic E-state index is 0. The van der Waals surface area contributed by atoms with E-state index < -0.39 is 0 Å². The molecule has 0 aliphatic carbocycles. The molecule has 0 aliphatic heterocycles. The topological polar surface area (TPSA) is 8.81 Å². The summed E-state index contributed by atoms with van der Waals surface area (Å²) in [7, 11) is 2.11. The third-order valence-electron chi connectivity index (χ3n) is 3.40. The molecule has 1 aromatic heterocycles. The van der Waals surface area contributed by atoms with Gasteiger partial charge in [-0.05, 0) is 12.8 Å². The summed E-state index contributed by atoms with van der Waals surface area (Å²) in [6, 6.07) is 0. The highest BCUT2D eigenvalue weighted by molar-refractivity contribution is 4.76. The monoisotopic (exact) mass is 302 g/mol. The summed E-state index contributed by atoms with van der Waals surface area (Å²) in [5.74, 6) is 1.35. The molecule has 0 aliphatic rings. The maximum atomic E-state index is 2.35. The summed E-state index contributed by atoms with van der Waals surface area (Å²) >= 11 is 0. The van der Waals surface area contributed by atoms with E-state index in [0.717, 1.165) is 0 Å². The van der Waals surface area contributed by atoms with Crippen LogP contribution in [0, 0.1) is 6.92 Å². The van der Waals surface area contributed by atoms with Crippen LogP contribution in [-0.2, 0) is 13.6 Å². The maximum Gasteiger partial charge on any atom is 0.253 e. The van der Waals surface area contributed by atoms with Crippen LogP contribution in [0.2, 0.25) is 0 Å². The normalized spacial score (nSPS) is 10.3. The molecule has 0 N–H and O–H groups in total. The zero-order chi connectivity index (χ0) is 11.8. The van der Waals surface area contributed by atoms with E-state index in [0.29, 0.717) is 0 Å². The SMILES string of the molecule is CCCCCCCCC[n+]1ccn(C)c1C.[Br-]. The van der Waals surface area contributed by atoms with Crippen LogP contribution in [0.15, 0.2) is 12.4 Å². The molecule has 3 heteroatoms. The average Bonchev–Trinajstić information content (AvgIpc) is 2.59. The Morgan fingerprint density at radius 2 is 1.65 bits per heavy atom. The molecule has 0 atom stereocenters. The standard InChI is InChI=1S/C14H27N2.BrH/c1-4-5-6-7-8-9-10-11-16-13-12-15(3)14(16)2;/h12-13H,4-11H2,1-3H3;1H/q+1;/p-1. The lowest BCUT2D eigenvalue weighted by Crippen LogP contribution is -3.00. The molecule has 17 heavy (non-hydrogen) atoms. The summed E-state index contributed by atoms with van der Waals surface area (Å²) in [6.07, 6.45) is 14.0. The molecule has 0 bridgehead atoms. The zero-order valence-corrected chi connectivity index (χ0v) is 13.2. The lowest BCUT2D eigenvalue weighted by atomic mass is 10.1. The average molecular weight is 303 g/mol. The summed E-state index contributed by atoms with van der Waals surface area (Å²) < 4.78 is 4.54. The smallest absolute Gasteiger partial charge is 0.253 e. The van der Waals surface area contributed by atoms with Crippen LogP contribution < -0.4 is 21.5 Å². The van der Waals surface area contributed by atoms with Crippen LogP contribution >= 0.6 is 0 Å². The van der Waals surface area contributed by atoms with E-state index in [9.17, 15) is 0 Å². The van der Waals surface area contributed by atoms with Crippen molar-refractivity contribution in [1.82, 2.24) is 4.57 Å². The largest absolute Gasteiger partial charge is 1.00 e. The van der Waals surface area contributed by atoms with E-state index >= 15 is 0 Å². The fraction of sp³-hybridized carbons (Fsp3) is 0.786. The molecule has 0 fully saturated rings. The molecule has 2 nitrogen and oxygen atoms in total. The Bertz CT molecular complexity index is 294. The van der Waals surface area contributed by atoms with Crippen molar-refractivity contribution in [1.29, 1.82) is 0 Å². The third-order valence-corrected chi connectivity index (χ3v) is 3.40. The molecule has 100 valence electrons. The predicted octanol–water partition coefficient (Wildman–Crippen LogP) is 0.376. The van der Waals surface area contributed by atoms with Gasteiger partial charge < -0.3 is 17.0 Å². The second-order valence-corrected chi connectivity index (χ2v) is 4.77. The Labute approximate surface area is 117 Å². The summed E-state index contributed by atoms with van der Waals surface area (Å²) in [6.45, 7) is 5.64. The zero-order valence-electron chi connectivity index (χ0n) is 11.6. The van der Waals surface area contributed by atoms with Crippen LogP contribution in [0.1, 0.15) is 57.7 Å². The molecule has 0 saturated carbocycles. The lowest BCUT2D eigenvalue weighted by molar-refractivity contribution is -0.702. The molecular weight excluding hydrogens is 276 g/mol. The minimum Gasteiger partial charge on any atom is -1.00 e. The Hall–Kier alpha value is -0.310. The predicted molar refractivity (Wildman–Crippen MR) is 68.3 cm³/mol. The molecule has 0 aromatic carbocycles. The number of aromatic nitrogens is 2. The number of hydrogen-bond acceptors (Lipinski definition) is 0. The van der Waals surface area contributed by atoms with Gasteiger partial charge in [0.05, 0.1) is 13.6 Å². The van der Waals surface area contributed by atoms with Crippen LogP contribution in [0.3, 0.4) is 0 Å². The first-order valence-corrected chi connectivity index (χ1v) is 6.77. The highest BCUT2D eigenvalue weighted by Crippen LogP contribution is 2.06. The van der Waals surface area contributed by atoms with Crippen LogP contribution in [0.5, 0.6) is 0 Å². The van der Waals surface area contributed by atoms with Crippen molar-refractivity contribution in [2.45, 2.75) is 65.3 Å². The van der Waals surface area contributed by atoms with E-state index in [1.165, 1.54) is 57.3 Å². The molecule has 0 saturated heterocycles. The first-order chi connectivity index (χ1) is 7.75. The molecule has 0 spiro atoms. The van der Waals surface area contributed by atoms with Crippen molar-refractivity contribution >= 4 is 0 Å². The van der Waals surface area contributed by atoms with E-state index in [1.807, 2.05) is 0 Å². The minimum absolute atomic E-state index is 0. The Balaban J connectivity index is 0.00000256. The van der Waals surface area contributed by atoms with E-state index in [-0.39, 0.29) is 17.0 Å². The Morgan fingerprint density at radius 1 is 1.06 bits per heavy atom. The molecule has 1 aromatic rings.